The van der Waals surface area contributed by atoms with E-state index in [1.54, 1.807) is 11.0 Å². The molecule has 1 aliphatic heterocycles. The third-order valence-electron chi connectivity index (χ3n) is 3.62. The molecule has 1 aromatic rings. The first-order valence-electron chi connectivity index (χ1n) is 6.27. The summed E-state index contributed by atoms with van der Waals surface area (Å²) >= 11 is 0. The lowest BCUT2D eigenvalue weighted by atomic mass is 9.84. The van der Waals surface area contributed by atoms with Crippen molar-refractivity contribution in [2.45, 2.75) is 26.2 Å². The van der Waals surface area contributed by atoms with Gasteiger partial charge in [-0.2, -0.15) is 0 Å². The van der Waals surface area contributed by atoms with Gasteiger partial charge in [0.05, 0.1) is 0 Å². The Labute approximate surface area is 106 Å². The molecular formula is C14H17F2NO. The van der Waals surface area contributed by atoms with Crippen LogP contribution in [0.5, 0.6) is 0 Å². The Morgan fingerprint density at radius 2 is 2.11 bits per heavy atom. The van der Waals surface area contributed by atoms with Crippen LogP contribution in [0.4, 0.5) is 8.78 Å². The van der Waals surface area contributed by atoms with Crippen LogP contribution in [0.1, 0.15) is 31.7 Å². The minimum atomic E-state index is -0.819. The van der Waals surface area contributed by atoms with Gasteiger partial charge in [-0.15, -0.1) is 0 Å². The highest BCUT2D eigenvalue weighted by Crippen LogP contribution is 2.32. The number of likely N-dealkylation sites (N-methyl/N-ethyl adjacent to an activating group) is 1. The Hall–Kier alpha value is -1.45. The zero-order valence-corrected chi connectivity index (χ0v) is 10.6. The standard InChI is InChI=1S/C14H17F2NO/c1-3-17-8-10(7-9(2)14(17)18)11-5-4-6-12(15)13(11)16/h4-6,9-10H,3,7-8H2,1-2H3/t9-,10+/m0/s1. The fraction of sp³-hybridized carbons (Fsp3) is 0.500. The average molecular weight is 253 g/mol. The highest BCUT2D eigenvalue weighted by molar-refractivity contribution is 5.79. The number of likely N-dealkylation sites (tertiary alicyclic amines) is 1. The minimum Gasteiger partial charge on any atom is -0.342 e. The predicted octanol–water partition coefficient (Wildman–Crippen LogP) is 2.94. The van der Waals surface area contributed by atoms with Gasteiger partial charge >= 0.3 is 0 Å². The molecular weight excluding hydrogens is 236 g/mol. The zero-order chi connectivity index (χ0) is 13.3. The van der Waals surface area contributed by atoms with Crippen molar-refractivity contribution in [3.05, 3.63) is 35.4 Å². The normalized spacial score (nSPS) is 24.4. The van der Waals surface area contributed by atoms with Crippen LogP contribution in [-0.4, -0.2) is 23.9 Å². The molecule has 0 aromatic heterocycles. The molecule has 18 heavy (non-hydrogen) atoms. The van der Waals surface area contributed by atoms with Crippen molar-refractivity contribution in [3.63, 3.8) is 0 Å². The van der Waals surface area contributed by atoms with Crippen LogP contribution < -0.4 is 0 Å². The molecule has 0 unspecified atom stereocenters. The number of rotatable bonds is 2. The first kappa shape index (κ1) is 13.0. The van der Waals surface area contributed by atoms with Gasteiger partial charge in [0.15, 0.2) is 11.6 Å². The number of halogens is 2. The van der Waals surface area contributed by atoms with Gasteiger partial charge in [-0.1, -0.05) is 19.1 Å². The van der Waals surface area contributed by atoms with E-state index < -0.39 is 11.6 Å². The quantitative estimate of drug-likeness (QED) is 0.793. The average Bonchev–Trinajstić information content (AvgIpc) is 2.36. The molecule has 1 amide bonds. The van der Waals surface area contributed by atoms with Crippen molar-refractivity contribution >= 4 is 5.91 Å². The molecule has 2 atom stereocenters. The van der Waals surface area contributed by atoms with Crippen molar-refractivity contribution in [2.24, 2.45) is 5.92 Å². The SMILES string of the molecule is CCN1C[C@H](c2cccc(F)c2F)C[C@H](C)C1=O. The van der Waals surface area contributed by atoms with Gasteiger partial charge in [-0.05, 0) is 25.0 Å². The summed E-state index contributed by atoms with van der Waals surface area (Å²) in [5, 5.41) is 0. The van der Waals surface area contributed by atoms with E-state index in [9.17, 15) is 13.6 Å². The summed E-state index contributed by atoms with van der Waals surface area (Å²) < 4.78 is 27.0. The molecule has 2 nitrogen and oxygen atoms in total. The van der Waals surface area contributed by atoms with Gasteiger partial charge in [0.2, 0.25) is 5.91 Å². The minimum absolute atomic E-state index is 0.102. The van der Waals surface area contributed by atoms with Crippen LogP contribution in [0.3, 0.4) is 0 Å². The second-order valence-corrected chi connectivity index (χ2v) is 4.85. The Bertz CT molecular complexity index is 461. The maximum atomic E-state index is 13.8. The number of hydrogen-bond acceptors (Lipinski definition) is 1. The van der Waals surface area contributed by atoms with Gasteiger partial charge in [0.25, 0.3) is 0 Å². The van der Waals surface area contributed by atoms with E-state index in [-0.39, 0.29) is 17.7 Å². The summed E-state index contributed by atoms with van der Waals surface area (Å²) in [7, 11) is 0. The predicted molar refractivity (Wildman–Crippen MR) is 65.1 cm³/mol. The Morgan fingerprint density at radius 3 is 2.78 bits per heavy atom. The van der Waals surface area contributed by atoms with Crippen LogP contribution in [0, 0.1) is 17.6 Å². The molecule has 0 N–H and O–H groups in total. The van der Waals surface area contributed by atoms with E-state index in [1.165, 1.54) is 6.07 Å². The Balaban J connectivity index is 2.28. The molecule has 1 aromatic carbocycles. The second-order valence-electron chi connectivity index (χ2n) is 4.85. The molecule has 4 heteroatoms. The van der Waals surface area contributed by atoms with E-state index in [1.807, 2.05) is 13.8 Å². The van der Waals surface area contributed by atoms with Crippen molar-refractivity contribution in [1.29, 1.82) is 0 Å². The lowest BCUT2D eigenvalue weighted by Gasteiger charge is -2.35. The Kier molecular flexibility index (Phi) is 3.64. The molecule has 98 valence electrons. The number of nitrogens with zero attached hydrogens (tertiary/aromatic N) is 1. The van der Waals surface area contributed by atoms with Crippen LogP contribution in [0.15, 0.2) is 18.2 Å². The Morgan fingerprint density at radius 1 is 1.39 bits per heavy atom. The van der Waals surface area contributed by atoms with Crippen molar-refractivity contribution < 1.29 is 13.6 Å². The van der Waals surface area contributed by atoms with Gasteiger partial charge in [0.1, 0.15) is 0 Å². The summed E-state index contributed by atoms with van der Waals surface area (Å²) in [6, 6.07) is 4.25. The van der Waals surface area contributed by atoms with Crippen LogP contribution in [-0.2, 0) is 4.79 Å². The fourth-order valence-electron chi connectivity index (χ4n) is 2.62. The lowest BCUT2D eigenvalue weighted by molar-refractivity contribution is -0.138. The number of carbonyl (C=O) groups is 1. The third kappa shape index (κ3) is 2.24. The van der Waals surface area contributed by atoms with Gasteiger partial charge in [-0.25, -0.2) is 8.78 Å². The molecule has 1 aliphatic rings. The number of carbonyl (C=O) groups excluding carboxylic acids is 1. The number of hydrogen-bond donors (Lipinski definition) is 0. The monoisotopic (exact) mass is 253 g/mol. The number of amides is 1. The first-order valence-corrected chi connectivity index (χ1v) is 6.27. The summed E-state index contributed by atoms with van der Waals surface area (Å²) in [6.07, 6.45) is 0.579. The summed E-state index contributed by atoms with van der Waals surface area (Å²) in [6.45, 7) is 4.82. The summed E-state index contributed by atoms with van der Waals surface area (Å²) in [5.41, 5.74) is 0.382. The molecule has 0 bridgehead atoms. The van der Waals surface area contributed by atoms with Gasteiger partial charge in [-0.3, -0.25) is 4.79 Å². The topological polar surface area (TPSA) is 20.3 Å². The molecule has 2 rings (SSSR count). The van der Waals surface area contributed by atoms with E-state index in [2.05, 4.69) is 0 Å². The molecule has 0 radical (unpaired) electrons. The van der Waals surface area contributed by atoms with E-state index in [0.29, 0.717) is 25.1 Å². The highest BCUT2D eigenvalue weighted by Gasteiger charge is 2.32. The van der Waals surface area contributed by atoms with Crippen LogP contribution >= 0.6 is 0 Å². The number of piperidine rings is 1. The van der Waals surface area contributed by atoms with Crippen molar-refractivity contribution in [1.82, 2.24) is 4.90 Å². The lowest BCUT2D eigenvalue weighted by Crippen LogP contribution is -2.43. The second kappa shape index (κ2) is 5.04. The first-order chi connectivity index (χ1) is 8.54. The zero-order valence-electron chi connectivity index (χ0n) is 10.6. The summed E-state index contributed by atoms with van der Waals surface area (Å²) in [5.74, 6) is -1.74. The largest absolute Gasteiger partial charge is 0.342 e. The summed E-state index contributed by atoms with van der Waals surface area (Å²) in [4.78, 5) is 13.6. The van der Waals surface area contributed by atoms with Crippen molar-refractivity contribution in [3.8, 4) is 0 Å². The smallest absolute Gasteiger partial charge is 0.225 e. The molecule has 0 spiro atoms. The highest BCUT2D eigenvalue weighted by atomic mass is 19.2. The fourth-order valence-corrected chi connectivity index (χ4v) is 2.62. The maximum absolute atomic E-state index is 13.8. The van der Waals surface area contributed by atoms with Gasteiger partial charge in [0, 0.05) is 24.9 Å². The maximum Gasteiger partial charge on any atom is 0.225 e. The number of benzene rings is 1. The molecule has 1 heterocycles. The van der Waals surface area contributed by atoms with E-state index in [0.717, 1.165) is 6.07 Å². The third-order valence-corrected chi connectivity index (χ3v) is 3.62. The molecule has 0 aliphatic carbocycles. The molecule has 1 fully saturated rings. The van der Waals surface area contributed by atoms with E-state index >= 15 is 0 Å². The van der Waals surface area contributed by atoms with Crippen molar-refractivity contribution in [2.75, 3.05) is 13.1 Å². The van der Waals surface area contributed by atoms with E-state index in [4.69, 9.17) is 0 Å². The van der Waals surface area contributed by atoms with Crippen LogP contribution in [0.25, 0.3) is 0 Å². The van der Waals surface area contributed by atoms with Gasteiger partial charge < -0.3 is 4.90 Å². The van der Waals surface area contributed by atoms with Crippen LogP contribution in [0.2, 0.25) is 0 Å². The molecule has 0 saturated carbocycles. The molecule has 1 saturated heterocycles.